The van der Waals surface area contributed by atoms with Crippen LogP contribution in [0.25, 0.3) is 0 Å². The molecule has 3 amide bonds. The Hall–Kier alpha value is -1.27. The lowest BCUT2D eigenvalue weighted by molar-refractivity contribution is 0.0934. The number of nitrogens with one attached hydrogen (secondary N) is 2. The lowest BCUT2D eigenvalue weighted by atomic mass is 10.4. The van der Waals surface area contributed by atoms with Crippen molar-refractivity contribution in [3.05, 3.63) is 21.3 Å². The third-order valence-corrected chi connectivity index (χ3v) is 3.36. The first kappa shape index (κ1) is 13.8. The molecule has 94 valence electrons. The molecule has 5 nitrogen and oxygen atoms in total. The summed E-state index contributed by atoms with van der Waals surface area (Å²) in [5.41, 5.74) is 4.68. The molecular weight excluding hydrogens is 262 g/mol. The van der Waals surface area contributed by atoms with Gasteiger partial charge in [0, 0.05) is 13.1 Å². The number of carbonyl (C=O) groups excluding carboxylic acids is 2. The Morgan fingerprint density at radius 2 is 1.94 bits per heavy atom. The van der Waals surface area contributed by atoms with Gasteiger partial charge in [-0.1, -0.05) is 11.6 Å². The molecule has 0 bridgehead atoms. The van der Waals surface area contributed by atoms with E-state index in [9.17, 15) is 9.59 Å². The van der Waals surface area contributed by atoms with E-state index in [1.54, 1.807) is 17.0 Å². The minimum Gasteiger partial charge on any atom is -0.324 e. The summed E-state index contributed by atoms with van der Waals surface area (Å²) >= 11 is 6.86. The van der Waals surface area contributed by atoms with Crippen molar-refractivity contribution in [3.63, 3.8) is 0 Å². The molecule has 0 fully saturated rings. The van der Waals surface area contributed by atoms with Gasteiger partial charge in [0.05, 0.1) is 9.21 Å². The van der Waals surface area contributed by atoms with Crippen LogP contribution in [0.1, 0.15) is 23.5 Å². The van der Waals surface area contributed by atoms with Gasteiger partial charge in [0.1, 0.15) is 0 Å². The van der Waals surface area contributed by atoms with Crippen molar-refractivity contribution in [1.82, 2.24) is 15.8 Å². The smallest absolute Gasteiger partial charge is 0.324 e. The number of hydrazine groups is 1. The number of nitrogens with zero attached hydrogens (tertiary/aromatic N) is 1. The predicted molar refractivity (Wildman–Crippen MR) is 68.2 cm³/mol. The number of rotatable bonds is 3. The first-order valence-electron chi connectivity index (χ1n) is 5.19. The zero-order chi connectivity index (χ0) is 12.8. The SMILES string of the molecule is CCN(CC)C(=O)NNC(=O)c1ccc(Cl)s1. The third-order valence-electron chi connectivity index (χ3n) is 2.13. The van der Waals surface area contributed by atoms with Crippen molar-refractivity contribution < 1.29 is 9.59 Å². The molecule has 1 heterocycles. The highest BCUT2D eigenvalue weighted by Crippen LogP contribution is 2.20. The summed E-state index contributed by atoms with van der Waals surface area (Å²) in [5.74, 6) is -0.373. The van der Waals surface area contributed by atoms with E-state index in [0.29, 0.717) is 22.3 Å². The minimum atomic E-state index is -0.373. The second kappa shape index (κ2) is 6.46. The second-order valence-electron chi connectivity index (χ2n) is 3.16. The highest BCUT2D eigenvalue weighted by molar-refractivity contribution is 7.17. The Balaban J connectivity index is 2.46. The number of hydrogen-bond donors (Lipinski definition) is 2. The normalized spacial score (nSPS) is 9.82. The van der Waals surface area contributed by atoms with Crippen molar-refractivity contribution in [2.24, 2.45) is 0 Å². The molecule has 0 saturated heterocycles. The van der Waals surface area contributed by atoms with Gasteiger partial charge in [0.2, 0.25) is 0 Å². The molecule has 0 spiro atoms. The maximum absolute atomic E-state index is 11.6. The zero-order valence-corrected chi connectivity index (χ0v) is 11.2. The van der Waals surface area contributed by atoms with Crippen LogP contribution in [0.4, 0.5) is 4.79 Å². The van der Waals surface area contributed by atoms with Crippen LogP contribution in [-0.2, 0) is 0 Å². The molecule has 0 atom stereocenters. The topological polar surface area (TPSA) is 61.4 Å². The quantitative estimate of drug-likeness (QED) is 0.830. The van der Waals surface area contributed by atoms with Gasteiger partial charge in [-0.25, -0.2) is 10.2 Å². The van der Waals surface area contributed by atoms with Gasteiger partial charge in [0.25, 0.3) is 5.91 Å². The van der Waals surface area contributed by atoms with Crippen LogP contribution in [-0.4, -0.2) is 29.9 Å². The molecule has 0 saturated carbocycles. The van der Waals surface area contributed by atoms with Crippen LogP contribution < -0.4 is 10.9 Å². The van der Waals surface area contributed by atoms with Crippen LogP contribution >= 0.6 is 22.9 Å². The first-order valence-corrected chi connectivity index (χ1v) is 6.38. The Kier molecular flexibility index (Phi) is 5.24. The highest BCUT2D eigenvalue weighted by Gasteiger charge is 2.12. The van der Waals surface area contributed by atoms with E-state index in [1.807, 2.05) is 13.8 Å². The van der Waals surface area contributed by atoms with E-state index >= 15 is 0 Å². The molecule has 2 N–H and O–H groups in total. The second-order valence-corrected chi connectivity index (χ2v) is 4.88. The number of hydrogen-bond acceptors (Lipinski definition) is 3. The van der Waals surface area contributed by atoms with E-state index in [2.05, 4.69) is 10.9 Å². The monoisotopic (exact) mass is 275 g/mol. The zero-order valence-electron chi connectivity index (χ0n) is 9.62. The molecule has 0 aromatic carbocycles. The van der Waals surface area contributed by atoms with E-state index in [1.165, 1.54) is 0 Å². The molecule has 0 unspecified atom stereocenters. The molecule has 0 radical (unpaired) electrons. The molecule has 17 heavy (non-hydrogen) atoms. The Morgan fingerprint density at radius 1 is 1.29 bits per heavy atom. The number of thiophene rings is 1. The summed E-state index contributed by atoms with van der Waals surface area (Å²) < 4.78 is 0.533. The molecule has 0 aliphatic rings. The lowest BCUT2D eigenvalue weighted by Crippen LogP contribution is -2.48. The summed E-state index contributed by atoms with van der Waals surface area (Å²) in [7, 11) is 0. The van der Waals surface area contributed by atoms with Crippen LogP contribution in [0.2, 0.25) is 4.34 Å². The van der Waals surface area contributed by atoms with E-state index in [4.69, 9.17) is 11.6 Å². The van der Waals surface area contributed by atoms with Gasteiger partial charge < -0.3 is 4.90 Å². The molecule has 0 aliphatic carbocycles. The van der Waals surface area contributed by atoms with Crippen molar-refractivity contribution in [2.45, 2.75) is 13.8 Å². The fraction of sp³-hybridized carbons (Fsp3) is 0.400. The fourth-order valence-corrected chi connectivity index (χ4v) is 2.14. The van der Waals surface area contributed by atoms with Gasteiger partial charge in [0.15, 0.2) is 0 Å². The highest BCUT2D eigenvalue weighted by atomic mass is 35.5. The first-order chi connectivity index (χ1) is 8.08. The van der Waals surface area contributed by atoms with Crippen molar-refractivity contribution in [1.29, 1.82) is 0 Å². The largest absolute Gasteiger partial charge is 0.336 e. The number of amides is 3. The Bertz CT molecular complexity index is 404. The van der Waals surface area contributed by atoms with Crippen molar-refractivity contribution >= 4 is 34.9 Å². The van der Waals surface area contributed by atoms with E-state index in [-0.39, 0.29) is 11.9 Å². The number of urea groups is 1. The van der Waals surface area contributed by atoms with Gasteiger partial charge in [-0.05, 0) is 26.0 Å². The van der Waals surface area contributed by atoms with E-state index < -0.39 is 0 Å². The Morgan fingerprint density at radius 3 is 2.41 bits per heavy atom. The fourth-order valence-electron chi connectivity index (χ4n) is 1.20. The van der Waals surface area contributed by atoms with Crippen LogP contribution in [0.15, 0.2) is 12.1 Å². The molecular formula is C10H14ClN3O2S. The summed E-state index contributed by atoms with van der Waals surface area (Å²) in [6.45, 7) is 4.90. The number of halogens is 1. The Labute approximate surface area is 109 Å². The van der Waals surface area contributed by atoms with Crippen molar-refractivity contribution in [3.8, 4) is 0 Å². The summed E-state index contributed by atoms with van der Waals surface area (Å²) in [4.78, 5) is 25.1. The van der Waals surface area contributed by atoms with Gasteiger partial charge in [-0.2, -0.15) is 0 Å². The lowest BCUT2D eigenvalue weighted by Gasteiger charge is -2.19. The molecule has 0 aliphatic heterocycles. The summed E-state index contributed by atoms with van der Waals surface area (Å²) in [6, 6.07) is 2.91. The standard InChI is InChI=1S/C10H14ClN3O2S/c1-3-14(4-2)10(16)13-12-9(15)7-5-6-8(11)17-7/h5-6H,3-4H2,1-2H3,(H,12,15)(H,13,16). The van der Waals surface area contributed by atoms with Gasteiger partial charge in [-0.3, -0.25) is 10.2 Å². The van der Waals surface area contributed by atoms with Gasteiger partial charge >= 0.3 is 6.03 Å². The van der Waals surface area contributed by atoms with Crippen LogP contribution in [0.5, 0.6) is 0 Å². The summed E-state index contributed by atoms with van der Waals surface area (Å²) in [6.07, 6.45) is 0. The average molecular weight is 276 g/mol. The average Bonchev–Trinajstić information content (AvgIpc) is 2.74. The predicted octanol–water partition coefficient (Wildman–Crippen LogP) is 2.10. The van der Waals surface area contributed by atoms with Crippen molar-refractivity contribution in [2.75, 3.05) is 13.1 Å². The van der Waals surface area contributed by atoms with E-state index in [0.717, 1.165) is 11.3 Å². The number of carbonyl (C=O) groups is 2. The van der Waals surface area contributed by atoms with Crippen LogP contribution in [0, 0.1) is 0 Å². The molecule has 1 rings (SSSR count). The van der Waals surface area contributed by atoms with Crippen LogP contribution in [0.3, 0.4) is 0 Å². The van der Waals surface area contributed by atoms with Gasteiger partial charge in [-0.15, -0.1) is 11.3 Å². The molecule has 1 aromatic rings. The molecule has 1 aromatic heterocycles. The minimum absolute atomic E-state index is 0.328. The third kappa shape index (κ3) is 3.90. The summed E-state index contributed by atoms with van der Waals surface area (Å²) in [5, 5.41) is 0. The maximum Gasteiger partial charge on any atom is 0.336 e. The maximum atomic E-state index is 11.6. The molecule has 7 heteroatoms.